The Hall–Kier alpha value is -2.18. The molecule has 0 spiro atoms. The van der Waals surface area contributed by atoms with E-state index in [4.69, 9.17) is 4.98 Å². The smallest absolute Gasteiger partial charge is 0.265 e. The largest absolute Gasteiger partial charge is 0.326 e. The predicted octanol–water partition coefficient (Wildman–Crippen LogP) is 3.97. The lowest BCUT2D eigenvalue weighted by Gasteiger charge is -2.27. The van der Waals surface area contributed by atoms with Crippen LogP contribution in [0.15, 0.2) is 35.7 Å². The van der Waals surface area contributed by atoms with Crippen molar-refractivity contribution in [3.8, 4) is 0 Å². The van der Waals surface area contributed by atoms with Crippen LogP contribution in [-0.4, -0.2) is 33.4 Å². The van der Waals surface area contributed by atoms with Gasteiger partial charge in [0.15, 0.2) is 0 Å². The van der Waals surface area contributed by atoms with Crippen LogP contribution < -0.4 is 5.32 Å². The monoisotopic (exact) mass is 354 g/mol. The Kier molecular flexibility index (Phi) is 4.55. The van der Waals surface area contributed by atoms with Gasteiger partial charge in [-0.05, 0) is 42.6 Å². The van der Waals surface area contributed by atoms with Crippen LogP contribution in [0.5, 0.6) is 0 Å². The minimum Gasteiger partial charge on any atom is -0.326 e. The van der Waals surface area contributed by atoms with Crippen molar-refractivity contribution in [1.82, 2.24) is 14.5 Å². The SMILES string of the molecule is CCCCN1CCn2c(nc3cc(NC(=O)c4cccs4)ccc32)C1. The second-order valence-electron chi connectivity index (χ2n) is 6.44. The fourth-order valence-corrected chi connectivity index (χ4v) is 3.94. The van der Waals surface area contributed by atoms with E-state index in [1.165, 1.54) is 24.2 Å². The summed E-state index contributed by atoms with van der Waals surface area (Å²) in [6.45, 7) is 6.34. The Morgan fingerprint density at radius 2 is 2.24 bits per heavy atom. The van der Waals surface area contributed by atoms with E-state index in [2.05, 4.69) is 27.8 Å². The molecule has 1 aliphatic rings. The van der Waals surface area contributed by atoms with Crippen LogP contribution in [-0.2, 0) is 13.1 Å². The molecule has 0 radical (unpaired) electrons. The number of thiophene rings is 1. The summed E-state index contributed by atoms with van der Waals surface area (Å²) in [5, 5.41) is 4.87. The summed E-state index contributed by atoms with van der Waals surface area (Å²) in [7, 11) is 0. The van der Waals surface area contributed by atoms with Crippen molar-refractivity contribution < 1.29 is 4.79 Å². The number of anilines is 1. The molecule has 0 bridgehead atoms. The van der Waals surface area contributed by atoms with Gasteiger partial charge in [-0.3, -0.25) is 9.69 Å². The Labute approximate surface area is 151 Å². The number of amides is 1. The summed E-state index contributed by atoms with van der Waals surface area (Å²) in [6, 6.07) is 9.72. The first kappa shape index (κ1) is 16.3. The molecule has 4 rings (SSSR count). The lowest BCUT2D eigenvalue weighted by Crippen LogP contribution is -2.34. The fraction of sp³-hybridized carbons (Fsp3) is 0.368. The van der Waals surface area contributed by atoms with Crippen LogP contribution >= 0.6 is 11.3 Å². The van der Waals surface area contributed by atoms with Gasteiger partial charge in [-0.15, -0.1) is 11.3 Å². The summed E-state index contributed by atoms with van der Waals surface area (Å²) in [4.78, 5) is 20.2. The average Bonchev–Trinajstić information content (AvgIpc) is 3.26. The van der Waals surface area contributed by atoms with Crippen molar-refractivity contribution in [2.45, 2.75) is 32.9 Å². The molecule has 0 aliphatic carbocycles. The molecule has 130 valence electrons. The number of benzene rings is 1. The molecule has 0 saturated heterocycles. The highest BCUT2D eigenvalue weighted by Crippen LogP contribution is 2.24. The Bertz CT molecular complexity index is 884. The maximum Gasteiger partial charge on any atom is 0.265 e. The molecule has 1 N–H and O–H groups in total. The quantitative estimate of drug-likeness (QED) is 0.754. The van der Waals surface area contributed by atoms with Gasteiger partial charge in [-0.2, -0.15) is 0 Å². The van der Waals surface area contributed by atoms with Crippen molar-refractivity contribution in [2.24, 2.45) is 0 Å². The van der Waals surface area contributed by atoms with E-state index in [-0.39, 0.29) is 5.91 Å². The van der Waals surface area contributed by atoms with Crippen LogP contribution in [0, 0.1) is 0 Å². The van der Waals surface area contributed by atoms with E-state index >= 15 is 0 Å². The molecule has 0 atom stereocenters. The number of hydrogen-bond donors (Lipinski definition) is 1. The number of imidazole rings is 1. The number of hydrogen-bond acceptors (Lipinski definition) is 4. The van der Waals surface area contributed by atoms with Crippen LogP contribution in [0.2, 0.25) is 0 Å². The lowest BCUT2D eigenvalue weighted by atomic mass is 10.2. The third kappa shape index (κ3) is 3.32. The molecular formula is C19H22N4OS. The van der Waals surface area contributed by atoms with Crippen molar-refractivity contribution in [2.75, 3.05) is 18.4 Å². The van der Waals surface area contributed by atoms with E-state index < -0.39 is 0 Å². The molecule has 3 aromatic rings. The van der Waals surface area contributed by atoms with Gasteiger partial charge in [0, 0.05) is 18.8 Å². The molecule has 25 heavy (non-hydrogen) atoms. The number of rotatable bonds is 5. The molecule has 3 heterocycles. The number of aromatic nitrogens is 2. The van der Waals surface area contributed by atoms with Gasteiger partial charge in [0.2, 0.25) is 0 Å². The molecule has 0 unspecified atom stereocenters. The molecule has 0 fully saturated rings. The molecule has 2 aromatic heterocycles. The third-order valence-corrected chi connectivity index (χ3v) is 5.53. The summed E-state index contributed by atoms with van der Waals surface area (Å²) >= 11 is 1.45. The number of nitrogens with one attached hydrogen (secondary N) is 1. The van der Waals surface area contributed by atoms with Crippen LogP contribution in [0.4, 0.5) is 5.69 Å². The number of carbonyl (C=O) groups is 1. The standard InChI is InChI=1S/C19H22N4OS/c1-2-3-8-22-9-10-23-16-7-6-14(12-15(16)21-18(23)13-22)20-19(24)17-5-4-11-25-17/h4-7,11-12H,2-3,8-10,13H2,1H3,(H,20,24). The summed E-state index contributed by atoms with van der Waals surface area (Å²) in [5.74, 6) is 1.06. The normalized spacial score (nSPS) is 14.6. The molecule has 6 heteroatoms. The first-order valence-electron chi connectivity index (χ1n) is 8.81. The lowest BCUT2D eigenvalue weighted by molar-refractivity contribution is 0.103. The molecular weight excluding hydrogens is 332 g/mol. The van der Waals surface area contributed by atoms with Gasteiger partial charge in [-0.25, -0.2) is 4.98 Å². The van der Waals surface area contributed by atoms with Crippen molar-refractivity contribution >= 4 is 34.0 Å². The number of unbranched alkanes of at least 4 members (excludes halogenated alkanes) is 1. The average molecular weight is 354 g/mol. The second-order valence-corrected chi connectivity index (χ2v) is 7.39. The first-order chi connectivity index (χ1) is 12.2. The van der Waals surface area contributed by atoms with E-state index in [1.807, 2.05) is 29.6 Å². The first-order valence-corrected chi connectivity index (χ1v) is 9.69. The highest BCUT2D eigenvalue weighted by Gasteiger charge is 2.20. The van der Waals surface area contributed by atoms with Crippen LogP contribution in [0.1, 0.15) is 35.3 Å². The van der Waals surface area contributed by atoms with Gasteiger partial charge in [0.05, 0.1) is 22.5 Å². The number of nitrogens with zero attached hydrogens (tertiary/aromatic N) is 3. The maximum atomic E-state index is 12.2. The van der Waals surface area contributed by atoms with Crippen molar-refractivity contribution in [3.63, 3.8) is 0 Å². The van der Waals surface area contributed by atoms with Gasteiger partial charge in [0.25, 0.3) is 5.91 Å². The molecule has 1 aromatic carbocycles. The summed E-state index contributed by atoms with van der Waals surface area (Å²) in [6.07, 6.45) is 2.46. The van der Waals surface area contributed by atoms with Gasteiger partial charge in [-0.1, -0.05) is 19.4 Å². The predicted molar refractivity (Wildman–Crippen MR) is 102 cm³/mol. The number of fused-ring (bicyclic) bond motifs is 3. The minimum atomic E-state index is -0.0657. The highest BCUT2D eigenvalue weighted by molar-refractivity contribution is 7.12. The van der Waals surface area contributed by atoms with Crippen LogP contribution in [0.3, 0.4) is 0 Å². The zero-order chi connectivity index (χ0) is 17.2. The fourth-order valence-electron chi connectivity index (χ4n) is 3.32. The van der Waals surface area contributed by atoms with Gasteiger partial charge >= 0.3 is 0 Å². The van der Waals surface area contributed by atoms with Crippen LogP contribution in [0.25, 0.3) is 11.0 Å². The van der Waals surface area contributed by atoms with Gasteiger partial charge in [0.1, 0.15) is 5.82 Å². The third-order valence-electron chi connectivity index (χ3n) is 4.66. The van der Waals surface area contributed by atoms with E-state index in [0.717, 1.165) is 53.6 Å². The van der Waals surface area contributed by atoms with E-state index in [0.29, 0.717) is 0 Å². The Morgan fingerprint density at radius 1 is 1.32 bits per heavy atom. The van der Waals surface area contributed by atoms with Gasteiger partial charge < -0.3 is 9.88 Å². The van der Waals surface area contributed by atoms with Crippen molar-refractivity contribution in [3.05, 3.63) is 46.4 Å². The Balaban J connectivity index is 1.55. The summed E-state index contributed by atoms with van der Waals surface area (Å²) in [5.41, 5.74) is 2.90. The molecule has 0 saturated carbocycles. The van der Waals surface area contributed by atoms with Crippen molar-refractivity contribution in [1.29, 1.82) is 0 Å². The zero-order valence-electron chi connectivity index (χ0n) is 14.4. The zero-order valence-corrected chi connectivity index (χ0v) is 15.2. The molecule has 1 amide bonds. The maximum absolute atomic E-state index is 12.2. The summed E-state index contributed by atoms with van der Waals surface area (Å²) < 4.78 is 2.31. The number of carbonyl (C=O) groups excluding carboxylic acids is 1. The molecule has 1 aliphatic heterocycles. The van der Waals surface area contributed by atoms with E-state index in [1.54, 1.807) is 0 Å². The van der Waals surface area contributed by atoms with E-state index in [9.17, 15) is 4.79 Å². The topological polar surface area (TPSA) is 50.2 Å². The second kappa shape index (κ2) is 6.98. The molecule has 5 nitrogen and oxygen atoms in total. The Morgan fingerprint density at radius 3 is 3.04 bits per heavy atom. The highest BCUT2D eigenvalue weighted by atomic mass is 32.1. The minimum absolute atomic E-state index is 0.0657.